The first kappa shape index (κ1) is 22.6. The van der Waals surface area contributed by atoms with Crippen LogP contribution < -0.4 is 9.64 Å². The molecule has 0 amide bonds. The van der Waals surface area contributed by atoms with Gasteiger partial charge in [0.1, 0.15) is 5.75 Å². The zero-order valence-corrected chi connectivity index (χ0v) is 21.8. The van der Waals surface area contributed by atoms with E-state index in [4.69, 9.17) is 9.47 Å². The van der Waals surface area contributed by atoms with Crippen LogP contribution in [0.5, 0.6) is 5.75 Å². The molecule has 1 saturated heterocycles. The lowest BCUT2D eigenvalue weighted by atomic mass is 9.82. The topological polar surface area (TPSA) is 21.7 Å². The van der Waals surface area contributed by atoms with Crippen LogP contribution in [-0.4, -0.2) is 26.3 Å². The van der Waals surface area contributed by atoms with E-state index in [0.717, 1.165) is 55.0 Å². The van der Waals surface area contributed by atoms with E-state index in [1.54, 1.807) is 0 Å². The number of benzene rings is 5. The molecule has 0 N–H and O–H groups in total. The molecule has 2 aliphatic heterocycles. The zero-order valence-electron chi connectivity index (χ0n) is 21.8. The lowest BCUT2D eigenvalue weighted by molar-refractivity contribution is 0.122. The van der Waals surface area contributed by atoms with Gasteiger partial charge in [-0.1, -0.05) is 97.1 Å². The molecule has 3 heteroatoms. The molecule has 0 bridgehead atoms. The molecule has 0 radical (unpaired) electrons. The fourth-order valence-electron chi connectivity index (χ4n) is 6.66. The third-order valence-corrected chi connectivity index (χ3v) is 8.59. The van der Waals surface area contributed by atoms with Crippen LogP contribution in [0.25, 0.3) is 28.0 Å². The first-order valence-corrected chi connectivity index (χ1v) is 13.8. The van der Waals surface area contributed by atoms with Crippen LogP contribution in [-0.2, 0) is 16.8 Å². The summed E-state index contributed by atoms with van der Waals surface area (Å²) in [6.45, 7) is 3.40. The molecule has 39 heavy (non-hydrogen) atoms. The molecule has 1 atom stereocenters. The third-order valence-electron chi connectivity index (χ3n) is 8.59. The summed E-state index contributed by atoms with van der Waals surface area (Å²) in [6, 6.07) is 37.1. The molecule has 1 fully saturated rings. The van der Waals surface area contributed by atoms with Gasteiger partial charge in [0.05, 0.1) is 13.2 Å². The second-order valence-electron chi connectivity index (χ2n) is 10.7. The smallest absolute Gasteiger partial charge is 0.178 e. The maximum atomic E-state index is 7.29. The highest BCUT2D eigenvalue weighted by molar-refractivity contribution is 6.07. The molecule has 1 aliphatic carbocycles. The van der Waals surface area contributed by atoms with Gasteiger partial charge in [-0.15, -0.1) is 0 Å². The highest BCUT2D eigenvalue weighted by atomic mass is 16.5. The van der Waals surface area contributed by atoms with Crippen LogP contribution in [0.15, 0.2) is 109 Å². The van der Waals surface area contributed by atoms with Crippen molar-refractivity contribution < 1.29 is 9.47 Å². The Bertz CT molecular complexity index is 1730. The van der Waals surface area contributed by atoms with Crippen LogP contribution in [0.4, 0.5) is 5.69 Å². The minimum absolute atomic E-state index is 0.722. The van der Waals surface area contributed by atoms with Crippen molar-refractivity contribution in [3.8, 4) is 16.9 Å². The van der Waals surface area contributed by atoms with Gasteiger partial charge in [0.2, 0.25) is 0 Å². The predicted molar refractivity (Wildman–Crippen MR) is 159 cm³/mol. The van der Waals surface area contributed by atoms with E-state index in [0.29, 0.717) is 0 Å². The highest BCUT2D eigenvalue weighted by Crippen LogP contribution is 2.52. The van der Waals surface area contributed by atoms with E-state index < -0.39 is 5.60 Å². The molecule has 3 nitrogen and oxygen atoms in total. The van der Waals surface area contributed by atoms with Gasteiger partial charge in [-0.3, -0.25) is 0 Å². The van der Waals surface area contributed by atoms with E-state index in [9.17, 15) is 0 Å². The van der Waals surface area contributed by atoms with E-state index in [-0.39, 0.29) is 0 Å². The number of anilines is 1. The van der Waals surface area contributed by atoms with Crippen LogP contribution in [0.2, 0.25) is 0 Å². The lowest BCUT2D eigenvalue weighted by Crippen LogP contribution is -2.37. The van der Waals surface area contributed by atoms with E-state index >= 15 is 0 Å². The van der Waals surface area contributed by atoms with Gasteiger partial charge in [-0.25, -0.2) is 0 Å². The van der Waals surface area contributed by atoms with Gasteiger partial charge >= 0.3 is 0 Å². The Morgan fingerprint density at radius 3 is 2.18 bits per heavy atom. The Kier molecular flexibility index (Phi) is 5.14. The molecule has 2 heterocycles. The van der Waals surface area contributed by atoms with E-state index in [2.05, 4.69) is 120 Å². The maximum absolute atomic E-state index is 7.29. The molecular weight excluding hydrogens is 478 g/mol. The number of hydrogen-bond donors (Lipinski definition) is 0. The molecule has 8 rings (SSSR count). The van der Waals surface area contributed by atoms with Crippen LogP contribution in [0.1, 0.15) is 27.8 Å². The summed E-state index contributed by atoms with van der Waals surface area (Å²) >= 11 is 0. The van der Waals surface area contributed by atoms with Gasteiger partial charge in [0.25, 0.3) is 0 Å². The molecule has 0 saturated carbocycles. The van der Waals surface area contributed by atoms with E-state index in [1.165, 1.54) is 38.9 Å². The summed E-state index contributed by atoms with van der Waals surface area (Å²) in [5, 5.41) is 2.42. The predicted octanol–water partition coefficient (Wildman–Crippen LogP) is 7.60. The zero-order chi connectivity index (χ0) is 25.8. The molecule has 5 aromatic rings. The second-order valence-corrected chi connectivity index (χ2v) is 10.7. The SMILES string of the molecule is C1=CC(c2ccccc2)(c2ccc(N3CCOCC3)cc2)Oc2c1c1c(c3ccccc23)-c2ccccc2C1. The van der Waals surface area contributed by atoms with Gasteiger partial charge in [-0.05, 0) is 52.3 Å². The number of ether oxygens (including phenoxy) is 2. The lowest BCUT2D eigenvalue weighted by Gasteiger charge is -2.38. The monoisotopic (exact) mass is 507 g/mol. The second kappa shape index (κ2) is 8.86. The first-order valence-electron chi connectivity index (χ1n) is 13.8. The fourth-order valence-corrected chi connectivity index (χ4v) is 6.66. The third kappa shape index (κ3) is 3.47. The standard InChI is InChI=1S/C36H29NO2/c1-2-9-26(10-3-1)36(27-14-16-28(17-15-27)37-20-22-38-23-21-37)19-18-32-33-24-25-8-4-5-11-29(25)34(33)30-12-6-7-13-31(30)35(32)39-36/h1-19H,20-24H2. The summed E-state index contributed by atoms with van der Waals surface area (Å²) in [5.74, 6) is 0.973. The molecule has 190 valence electrons. The quantitative estimate of drug-likeness (QED) is 0.246. The Morgan fingerprint density at radius 1 is 0.667 bits per heavy atom. The summed E-state index contributed by atoms with van der Waals surface area (Å²) < 4.78 is 12.9. The average Bonchev–Trinajstić information content (AvgIpc) is 3.42. The van der Waals surface area contributed by atoms with Crippen molar-refractivity contribution in [3.05, 3.63) is 137 Å². The number of nitrogens with zero attached hydrogens (tertiary/aromatic N) is 1. The van der Waals surface area contributed by atoms with Gasteiger partial charge in [-0.2, -0.15) is 0 Å². The van der Waals surface area contributed by atoms with Gasteiger partial charge in [0.15, 0.2) is 5.60 Å². The van der Waals surface area contributed by atoms with Crippen molar-refractivity contribution in [2.75, 3.05) is 31.2 Å². The average molecular weight is 508 g/mol. The molecule has 5 aromatic carbocycles. The fraction of sp³-hybridized carbons (Fsp3) is 0.167. The minimum Gasteiger partial charge on any atom is -0.472 e. The number of morpholine rings is 1. The van der Waals surface area contributed by atoms with Gasteiger partial charge < -0.3 is 14.4 Å². The van der Waals surface area contributed by atoms with Crippen LogP contribution >= 0.6 is 0 Å². The van der Waals surface area contributed by atoms with Crippen molar-refractivity contribution in [3.63, 3.8) is 0 Å². The Hall–Kier alpha value is -4.34. The van der Waals surface area contributed by atoms with Crippen LogP contribution in [0.3, 0.4) is 0 Å². The summed E-state index contributed by atoms with van der Waals surface area (Å²) in [6.07, 6.45) is 5.52. The number of rotatable bonds is 3. The number of fused-ring (bicyclic) bond motifs is 8. The van der Waals surface area contributed by atoms with Crippen LogP contribution in [0, 0.1) is 0 Å². The molecule has 0 aromatic heterocycles. The molecular formula is C36H29NO2. The Morgan fingerprint density at radius 2 is 1.36 bits per heavy atom. The minimum atomic E-state index is -0.722. The largest absolute Gasteiger partial charge is 0.472 e. The normalized spacial score (nSPS) is 19.3. The van der Waals surface area contributed by atoms with E-state index in [1.807, 2.05) is 0 Å². The maximum Gasteiger partial charge on any atom is 0.178 e. The van der Waals surface area contributed by atoms with Crippen molar-refractivity contribution in [1.29, 1.82) is 0 Å². The highest BCUT2D eigenvalue weighted by Gasteiger charge is 2.39. The summed E-state index contributed by atoms with van der Waals surface area (Å²) in [4.78, 5) is 2.39. The molecule has 3 aliphatic rings. The Labute approximate surface area is 228 Å². The van der Waals surface area contributed by atoms with Crippen molar-refractivity contribution in [2.45, 2.75) is 12.0 Å². The van der Waals surface area contributed by atoms with Crippen molar-refractivity contribution in [2.24, 2.45) is 0 Å². The summed E-state index contributed by atoms with van der Waals surface area (Å²) in [5.41, 5.74) is 9.42. The van der Waals surface area contributed by atoms with Crippen molar-refractivity contribution >= 4 is 22.5 Å². The first-order chi connectivity index (χ1) is 19.3. The van der Waals surface area contributed by atoms with Gasteiger partial charge in [0, 0.05) is 40.9 Å². The van der Waals surface area contributed by atoms with Crippen molar-refractivity contribution in [1.82, 2.24) is 0 Å². The molecule has 0 spiro atoms. The molecule has 1 unspecified atom stereocenters. The Balaban J connectivity index is 1.31. The number of hydrogen-bond acceptors (Lipinski definition) is 3. The summed E-state index contributed by atoms with van der Waals surface area (Å²) in [7, 11) is 0.